The van der Waals surface area contributed by atoms with E-state index in [0.29, 0.717) is 25.7 Å². The van der Waals surface area contributed by atoms with E-state index in [0.717, 1.165) is 108 Å². The van der Waals surface area contributed by atoms with E-state index in [1.54, 1.807) is 0 Å². The maximum Gasteiger partial charge on any atom is 0.472 e. The maximum atomic E-state index is 13.1. The van der Waals surface area contributed by atoms with Crippen LogP contribution in [0.4, 0.5) is 0 Å². The first-order valence-electron chi connectivity index (χ1n) is 42.3. The lowest BCUT2D eigenvalue weighted by Crippen LogP contribution is -2.30. The molecular weight excluding hydrogens is 1320 g/mol. The molecule has 2 unspecified atom stereocenters. The normalized spacial score (nSPS) is 14.0. The van der Waals surface area contributed by atoms with Crippen molar-refractivity contribution in [2.45, 2.75) is 446 Å². The Labute approximate surface area is 619 Å². The van der Waals surface area contributed by atoms with Crippen molar-refractivity contribution < 1.29 is 80.2 Å². The van der Waals surface area contributed by atoms with Crippen molar-refractivity contribution >= 4 is 39.5 Å². The summed E-state index contributed by atoms with van der Waals surface area (Å²) in [6.07, 6.45) is 61.1. The van der Waals surface area contributed by atoms with Crippen LogP contribution in [0.5, 0.6) is 0 Å². The van der Waals surface area contributed by atoms with Crippen LogP contribution < -0.4 is 0 Å². The highest BCUT2D eigenvalue weighted by Gasteiger charge is 2.30. The molecule has 0 amide bonds. The van der Waals surface area contributed by atoms with Gasteiger partial charge in [-0.1, -0.05) is 376 Å². The first-order valence-corrected chi connectivity index (χ1v) is 45.3. The van der Waals surface area contributed by atoms with E-state index in [1.165, 1.54) is 238 Å². The molecule has 101 heavy (non-hydrogen) atoms. The molecule has 0 aliphatic heterocycles. The Morgan fingerprint density at radius 1 is 0.267 bits per heavy atom. The number of phosphoric acid groups is 2. The van der Waals surface area contributed by atoms with Gasteiger partial charge in [0.05, 0.1) is 26.4 Å². The summed E-state index contributed by atoms with van der Waals surface area (Å²) in [5.41, 5.74) is 0. The summed E-state index contributed by atoms with van der Waals surface area (Å²) >= 11 is 0. The standard InChI is InChI=1S/C82H160O17P2/c1-8-9-10-11-12-13-14-15-16-17-18-19-20-21-22-30-35-44-51-58-65-81(86)98-77(69-92-79(84)63-56-49-42-34-29-25-23-27-32-39-46-53-60-73(2)3)71-96-100(88,89)94-67-76(83)68-95-101(90,91)97-72-78(70-93-80(85)64-57-50-43-38-37-41-48-55-62-75(6)7)99-82(87)66-59-52-45-36-31-26-24-28-33-40-47-54-61-74(4)5/h73-78,83H,8-72H2,1-7H3,(H,88,89)(H,90,91)/t76-,77-,78-/m1/s1. The molecule has 19 heteroatoms. The second-order valence-electron chi connectivity index (χ2n) is 30.9. The molecule has 0 saturated heterocycles. The van der Waals surface area contributed by atoms with Gasteiger partial charge in [-0.15, -0.1) is 0 Å². The van der Waals surface area contributed by atoms with Gasteiger partial charge in [0.1, 0.15) is 19.3 Å². The van der Waals surface area contributed by atoms with Crippen molar-refractivity contribution in [3.8, 4) is 0 Å². The number of ether oxygens (including phenoxy) is 4. The van der Waals surface area contributed by atoms with Crippen LogP contribution >= 0.6 is 15.6 Å². The average molecular weight is 1480 g/mol. The lowest BCUT2D eigenvalue weighted by molar-refractivity contribution is -0.161. The number of hydrogen-bond donors (Lipinski definition) is 3. The topological polar surface area (TPSA) is 237 Å². The minimum Gasteiger partial charge on any atom is -0.462 e. The lowest BCUT2D eigenvalue weighted by atomic mass is 10.0. The summed E-state index contributed by atoms with van der Waals surface area (Å²) in [6, 6.07) is 0. The third-order valence-corrected chi connectivity index (χ3v) is 21.0. The van der Waals surface area contributed by atoms with Gasteiger partial charge in [-0.2, -0.15) is 0 Å². The highest BCUT2D eigenvalue weighted by molar-refractivity contribution is 7.47. The molecule has 0 aromatic rings. The monoisotopic (exact) mass is 1480 g/mol. The molecule has 0 saturated carbocycles. The molecule has 0 radical (unpaired) electrons. The molecule has 0 aliphatic carbocycles. The molecular formula is C82H160O17P2. The minimum atomic E-state index is -4.96. The van der Waals surface area contributed by atoms with Gasteiger partial charge in [0.25, 0.3) is 0 Å². The molecule has 0 heterocycles. The molecule has 0 aliphatic rings. The molecule has 0 aromatic carbocycles. The number of esters is 4. The second kappa shape index (κ2) is 72.3. The van der Waals surface area contributed by atoms with Gasteiger partial charge in [-0.3, -0.25) is 37.3 Å². The van der Waals surface area contributed by atoms with E-state index in [9.17, 15) is 43.2 Å². The van der Waals surface area contributed by atoms with E-state index in [2.05, 4.69) is 48.5 Å². The van der Waals surface area contributed by atoms with Gasteiger partial charge in [0, 0.05) is 25.7 Å². The quantitative estimate of drug-likeness (QED) is 0.0222. The van der Waals surface area contributed by atoms with E-state index < -0.39 is 97.5 Å². The van der Waals surface area contributed by atoms with Crippen molar-refractivity contribution in [2.75, 3.05) is 39.6 Å². The van der Waals surface area contributed by atoms with Crippen LogP contribution in [-0.4, -0.2) is 96.7 Å². The SMILES string of the molecule is CCCCCCCCCCCCCCCCCCCCCCC(=O)O[C@H](COC(=O)CCCCCCCCCCCCCCC(C)C)COP(=O)(O)OC[C@@H](O)COP(=O)(O)OC[C@@H](COC(=O)CCCCCCCCCCC(C)C)OC(=O)CCCCCCCCCCCCCCC(C)C. The predicted octanol–water partition coefficient (Wildman–Crippen LogP) is 24.5. The summed E-state index contributed by atoms with van der Waals surface area (Å²) in [5, 5.41) is 10.7. The summed E-state index contributed by atoms with van der Waals surface area (Å²) in [7, 11) is -9.92. The molecule has 5 atom stereocenters. The Morgan fingerprint density at radius 2 is 0.455 bits per heavy atom. The maximum absolute atomic E-state index is 13.1. The Kier molecular flexibility index (Phi) is 70.9. The summed E-state index contributed by atoms with van der Waals surface area (Å²) in [4.78, 5) is 73.1. The number of aliphatic hydroxyl groups excluding tert-OH is 1. The zero-order valence-electron chi connectivity index (χ0n) is 66.4. The van der Waals surface area contributed by atoms with Crippen molar-refractivity contribution in [3.63, 3.8) is 0 Å². The highest BCUT2D eigenvalue weighted by Crippen LogP contribution is 2.45. The van der Waals surface area contributed by atoms with Crippen molar-refractivity contribution in [1.29, 1.82) is 0 Å². The predicted molar refractivity (Wildman–Crippen MR) is 414 cm³/mol. The van der Waals surface area contributed by atoms with Crippen LogP contribution in [0.1, 0.15) is 427 Å². The summed E-state index contributed by atoms with van der Waals surface area (Å²) < 4.78 is 68.8. The van der Waals surface area contributed by atoms with E-state index in [4.69, 9.17) is 37.0 Å². The van der Waals surface area contributed by atoms with Crippen LogP contribution in [0, 0.1) is 17.8 Å². The third-order valence-electron chi connectivity index (χ3n) is 19.1. The molecule has 17 nitrogen and oxygen atoms in total. The fraction of sp³-hybridized carbons (Fsp3) is 0.951. The smallest absolute Gasteiger partial charge is 0.462 e. The van der Waals surface area contributed by atoms with Crippen LogP contribution in [0.15, 0.2) is 0 Å². The number of rotatable bonds is 80. The second-order valence-corrected chi connectivity index (χ2v) is 33.8. The minimum absolute atomic E-state index is 0.106. The number of unbranched alkanes of at least 4 members (excludes halogenated alkanes) is 48. The summed E-state index contributed by atoms with van der Waals surface area (Å²) in [6.45, 7) is 11.9. The zero-order chi connectivity index (χ0) is 74.4. The lowest BCUT2D eigenvalue weighted by Gasteiger charge is -2.21. The van der Waals surface area contributed by atoms with Crippen molar-refractivity contribution in [2.24, 2.45) is 17.8 Å². The zero-order valence-corrected chi connectivity index (χ0v) is 68.2. The average Bonchev–Trinajstić information content (AvgIpc) is 0.946. The van der Waals surface area contributed by atoms with Crippen molar-refractivity contribution in [1.82, 2.24) is 0 Å². The number of carbonyl (C=O) groups is 4. The number of hydrogen-bond acceptors (Lipinski definition) is 15. The molecule has 0 rings (SSSR count). The van der Waals surface area contributed by atoms with Crippen LogP contribution in [0.25, 0.3) is 0 Å². The van der Waals surface area contributed by atoms with Crippen molar-refractivity contribution in [3.05, 3.63) is 0 Å². The number of phosphoric ester groups is 2. The number of carbonyl (C=O) groups excluding carboxylic acids is 4. The fourth-order valence-corrected chi connectivity index (χ4v) is 14.2. The summed E-state index contributed by atoms with van der Waals surface area (Å²) in [5.74, 6) is 0.174. The Hall–Kier alpha value is -1.94. The van der Waals surface area contributed by atoms with Crippen LogP contribution in [0.3, 0.4) is 0 Å². The molecule has 0 spiro atoms. The van der Waals surface area contributed by atoms with Gasteiger partial charge in [-0.25, -0.2) is 9.13 Å². The third kappa shape index (κ3) is 76.1. The van der Waals surface area contributed by atoms with Crippen LogP contribution in [0.2, 0.25) is 0 Å². The van der Waals surface area contributed by atoms with Crippen LogP contribution in [-0.2, 0) is 65.4 Å². The van der Waals surface area contributed by atoms with Gasteiger partial charge < -0.3 is 33.8 Å². The molecule has 0 bridgehead atoms. The Morgan fingerprint density at radius 3 is 0.673 bits per heavy atom. The van der Waals surface area contributed by atoms with Gasteiger partial charge in [-0.05, 0) is 43.4 Å². The largest absolute Gasteiger partial charge is 0.472 e. The Balaban J connectivity index is 5.24. The first kappa shape index (κ1) is 99.1. The Bertz CT molecular complexity index is 1960. The first-order chi connectivity index (χ1) is 48.7. The molecule has 0 fully saturated rings. The fourth-order valence-electron chi connectivity index (χ4n) is 12.7. The number of aliphatic hydroxyl groups is 1. The van der Waals surface area contributed by atoms with E-state index in [-0.39, 0.29) is 25.7 Å². The van der Waals surface area contributed by atoms with Gasteiger partial charge in [0.2, 0.25) is 0 Å². The molecule has 0 aromatic heterocycles. The van der Waals surface area contributed by atoms with E-state index in [1.807, 2.05) is 0 Å². The molecule has 600 valence electrons. The van der Waals surface area contributed by atoms with Gasteiger partial charge in [0.15, 0.2) is 12.2 Å². The van der Waals surface area contributed by atoms with E-state index >= 15 is 0 Å². The molecule has 3 N–H and O–H groups in total. The highest BCUT2D eigenvalue weighted by atomic mass is 31.2. The van der Waals surface area contributed by atoms with Gasteiger partial charge >= 0.3 is 39.5 Å².